The molecule has 0 fully saturated rings. The molecule has 0 saturated heterocycles. The fourth-order valence-corrected chi connectivity index (χ4v) is 3.09. The number of hydrogen-bond donors (Lipinski definition) is 2. The topological polar surface area (TPSA) is 68.0 Å². The maximum absolute atomic E-state index is 12.0. The van der Waals surface area contributed by atoms with Gasteiger partial charge in [0.05, 0.1) is 10.7 Å². The lowest BCUT2D eigenvalue weighted by Crippen LogP contribution is -2.52. The molecular formula is C15H27N3OS. The molecule has 1 unspecified atom stereocenters. The normalized spacial score (nSPS) is 14.3. The van der Waals surface area contributed by atoms with E-state index in [0.29, 0.717) is 18.9 Å². The molecule has 20 heavy (non-hydrogen) atoms. The molecule has 1 heterocycles. The van der Waals surface area contributed by atoms with Gasteiger partial charge in [0.1, 0.15) is 0 Å². The molecule has 1 amide bonds. The van der Waals surface area contributed by atoms with Crippen LogP contribution in [-0.4, -0.2) is 23.0 Å². The molecule has 4 nitrogen and oxygen atoms in total. The molecule has 3 N–H and O–H groups in total. The number of amides is 1. The smallest absolute Gasteiger partial charge is 0.220 e. The van der Waals surface area contributed by atoms with Crippen molar-refractivity contribution in [2.45, 2.75) is 58.9 Å². The molecule has 1 aromatic heterocycles. The number of aromatic nitrogens is 1. The molecule has 0 bridgehead atoms. The molecule has 1 aromatic rings. The summed E-state index contributed by atoms with van der Waals surface area (Å²) in [6, 6.07) is 0. The Morgan fingerprint density at radius 3 is 2.75 bits per heavy atom. The van der Waals surface area contributed by atoms with Crippen LogP contribution in [0.2, 0.25) is 0 Å². The van der Waals surface area contributed by atoms with E-state index in [1.54, 1.807) is 11.3 Å². The molecule has 1 rings (SSSR count). The molecular weight excluding hydrogens is 270 g/mol. The van der Waals surface area contributed by atoms with Gasteiger partial charge >= 0.3 is 0 Å². The minimum Gasteiger partial charge on any atom is -0.350 e. The van der Waals surface area contributed by atoms with Crippen LogP contribution in [0.4, 0.5) is 0 Å². The zero-order chi connectivity index (χ0) is 15.2. The van der Waals surface area contributed by atoms with Crippen molar-refractivity contribution in [3.8, 4) is 0 Å². The fourth-order valence-electron chi connectivity index (χ4n) is 2.44. The Balaban J connectivity index is 2.35. The molecule has 0 aliphatic rings. The Hall–Kier alpha value is -0.940. The first kappa shape index (κ1) is 17.1. The maximum atomic E-state index is 12.0. The number of nitrogens with zero attached hydrogens (tertiary/aromatic N) is 1. The molecule has 1 atom stereocenters. The first-order chi connectivity index (χ1) is 9.34. The first-order valence-electron chi connectivity index (χ1n) is 7.27. The van der Waals surface area contributed by atoms with Crippen LogP contribution >= 0.6 is 11.3 Å². The summed E-state index contributed by atoms with van der Waals surface area (Å²) in [5, 5.41) is 6.23. The summed E-state index contributed by atoms with van der Waals surface area (Å²) < 4.78 is 0. The van der Waals surface area contributed by atoms with E-state index >= 15 is 0 Å². The fraction of sp³-hybridized carbons (Fsp3) is 0.733. The van der Waals surface area contributed by atoms with Crippen molar-refractivity contribution in [2.24, 2.45) is 11.7 Å². The highest BCUT2D eigenvalue weighted by Crippen LogP contribution is 2.16. The molecule has 0 spiro atoms. The maximum Gasteiger partial charge on any atom is 0.220 e. The van der Waals surface area contributed by atoms with Gasteiger partial charge in [-0.15, -0.1) is 11.3 Å². The van der Waals surface area contributed by atoms with Gasteiger partial charge in [-0.25, -0.2) is 4.98 Å². The predicted molar refractivity (Wildman–Crippen MR) is 84.8 cm³/mol. The number of thiazole rings is 1. The van der Waals surface area contributed by atoms with E-state index < -0.39 is 0 Å². The summed E-state index contributed by atoms with van der Waals surface area (Å²) in [5.74, 6) is 0.604. The number of nitrogens with one attached hydrogen (secondary N) is 1. The quantitative estimate of drug-likeness (QED) is 0.775. The van der Waals surface area contributed by atoms with Crippen LogP contribution in [-0.2, 0) is 11.2 Å². The van der Waals surface area contributed by atoms with Crippen molar-refractivity contribution in [2.75, 3.05) is 6.54 Å². The van der Waals surface area contributed by atoms with E-state index in [0.717, 1.165) is 30.0 Å². The second-order valence-corrected chi connectivity index (χ2v) is 7.18. The average Bonchev–Trinajstić information content (AvgIpc) is 2.74. The van der Waals surface area contributed by atoms with Gasteiger partial charge in [0.25, 0.3) is 0 Å². The Kier molecular flexibility index (Phi) is 6.62. The molecule has 0 aliphatic heterocycles. The molecule has 0 radical (unpaired) electrons. The van der Waals surface area contributed by atoms with E-state index in [4.69, 9.17) is 5.73 Å². The van der Waals surface area contributed by atoms with Gasteiger partial charge in [-0.1, -0.05) is 13.8 Å². The van der Waals surface area contributed by atoms with Crippen LogP contribution in [0.3, 0.4) is 0 Å². The largest absolute Gasteiger partial charge is 0.350 e. The van der Waals surface area contributed by atoms with Crippen LogP contribution in [0.1, 0.15) is 50.7 Å². The Labute approximate surface area is 126 Å². The third kappa shape index (κ3) is 6.01. The summed E-state index contributed by atoms with van der Waals surface area (Å²) in [7, 11) is 0. The van der Waals surface area contributed by atoms with Crippen molar-refractivity contribution in [3.63, 3.8) is 0 Å². The van der Waals surface area contributed by atoms with Gasteiger partial charge in [0.15, 0.2) is 0 Å². The van der Waals surface area contributed by atoms with Crippen LogP contribution in [0, 0.1) is 12.8 Å². The lowest BCUT2D eigenvalue weighted by molar-refractivity contribution is -0.123. The summed E-state index contributed by atoms with van der Waals surface area (Å²) in [4.78, 5) is 16.4. The lowest BCUT2D eigenvalue weighted by atomic mass is 9.90. The minimum atomic E-state index is -0.289. The van der Waals surface area contributed by atoms with Crippen LogP contribution in [0.15, 0.2) is 5.38 Å². The van der Waals surface area contributed by atoms with Crippen LogP contribution < -0.4 is 11.1 Å². The average molecular weight is 297 g/mol. The highest BCUT2D eigenvalue weighted by atomic mass is 32.1. The second kappa shape index (κ2) is 7.74. The van der Waals surface area contributed by atoms with Crippen molar-refractivity contribution >= 4 is 17.2 Å². The van der Waals surface area contributed by atoms with E-state index in [1.807, 2.05) is 13.8 Å². The molecule has 0 aliphatic carbocycles. The number of aryl methyl sites for hydroxylation is 2. The predicted octanol–water partition coefficient (Wildman–Crippen LogP) is 2.65. The van der Waals surface area contributed by atoms with Crippen molar-refractivity contribution < 1.29 is 4.79 Å². The molecule has 114 valence electrons. The van der Waals surface area contributed by atoms with Gasteiger partial charge in [0, 0.05) is 23.9 Å². The van der Waals surface area contributed by atoms with Gasteiger partial charge in [-0.3, -0.25) is 4.79 Å². The standard InChI is InChI=1S/C15H27N3OS/c1-11(2)8-15(4,10-16)18-14(19)7-5-6-13-9-20-12(3)17-13/h9,11H,5-8,10,16H2,1-4H3,(H,18,19). The SMILES string of the molecule is Cc1nc(CCCC(=O)NC(C)(CN)CC(C)C)cs1. The number of carbonyl (C=O) groups is 1. The number of rotatable bonds is 8. The highest BCUT2D eigenvalue weighted by Gasteiger charge is 2.25. The molecule has 0 saturated carbocycles. The number of carbonyl (C=O) groups excluding carboxylic acids is 1. The molecule has 5 heteroatoms. The van der Waals surface area contributed by atoms with E-state index in [-0.39, 0.29) is 11.4 Å². The van der Waals surface area contributed by atoms with Gasteiger partial charge in [0.2, 0.25) is 5.91 Å². The van der Waals surface area contributed by atoms with E-state index in [1.165, 1.54) is 0 Å². The van der Waals surface area contributed by atoms with Crippen LogP contribution in [0.5, 0.6) is 0 Å². The minimum absolute atomic E-state index is 0.0885. The summed E-state index contributed by atoms with van der Waals surface area (Å²) in [6.07, 6.45) is 3.13. The van der Waals surface area contributed by atoms with Gasteiger partial charge in [-0.2, -0.15) is 0 Å². The summed E-state index contributed by atoms with van der Waals surface area (Å²) in [5.41, 5.74) is 6.60. The Morgan fingerprint density at radius 2 is 2.25 bits per heavy atom. The van der Waals surface area contributed by atoms with Crippen molar-refractivity contribution in [3.05, 3.63) is 16.1 Å². The Morgan fingerprint density at radius 1 is 1.55 bits per heavy atom. The number of hydrogen-bond acceptors (Lipinski definition) is 4. The molecule has 0 aromatic carbocycles. The number of nitrogens with two attached hydrogens (primary N) is 1. The van der Waals surface area contributed by atoms with E-state index in [9.17, 15) is 4.79 Å². The highest BCUT2D eigenvalue weighted by molar-refractivity contribution is 7.09. The summed E-state index contributed by atoms with van der Waals surface area (Å²) in [6.45, 7) is 8.78. The van der Waals surface area contributed by atoms with E-state index in [2.05, 4.69) is 29.5 Å². The first-order valence-corrected chi connectivity index (χ1v) is 8.14. The third-order valence-corrected chi connectivity index (χ3v) is 4.08. The third-order valence-electron chi connectivity index (χ3n) is 3.25. The van der Waals surface area contributed by atoms with Gasteiger partial charge in [-0.05, 0) is 39.0 Å². The Bertz CT molecular complexity index is 431. The zero-order valence-electron chi connectivity index (χ0n) is 13.0. The second-order valence-electron chi connectivity index (χ2n) is 6.12. The monoisotopic (exact) mass is 297 g/mol. The summed E-state index contributed by atoms with van der Waals surface area (Å²) >= 11 is 1.66. The van der Waals surface area contributed by atoms with Gasteiger partial charge < -0.3 is 11.1 Å². The van der Waals surface area contributed by atoms with Crippen LogP contribution in [0.25, 0.3) is 0 Å². The zero-order valence-corrected chi connectivity index (χ0v) is 13.8. The van der Waals surface area contributed by atoms with Crippen molar-refractivity contribution in [1.29, 1.82) is 0 Å². The van der Waals surface area contributed by atoms with Crippen molar-refractivity contribution in [1.82, 2.24) is 10.3 Å². The lowest BCUT2D eigenvalue weighted by Gasteiger charge is -2.31.